The van der Waals surface area contributed by atoms with Gasteiger partial charge in [-0.2, -0.15) is 5.10 Å². The van der Waals surface area contributed by atoms with Gasteiger partial charge >= 0.3 is 0 Å². The zero-order chi connectivity index (χ0) is 23.4. The molecule has 0 bridgehead atoms. The number of nitrogens with zero attached hydrogens (tertiary/aromatic N) is 2. The summed E-state index contributed by atoms with van der Waals surface area (Å²) in [5.41, 5.74) is 6.04. The Morgan fingerprint density at radius 1 is 1.12 bits per heavy atom. The highest BCUT2D eigenvalue weighted by atomic mass is 79.9. The maximum Gasteiger partial charge on any atom is 0.214 e. The van der Waals surface area contributed by atoms with Gasteiger partial charge in [-0.3, -0.25) is 0 Å². The summed E-state index contributed by atoms with van der Waals surface area (Å²) >= 11 is 21.2. The maximum absolute atomic E-state index is 6.26. The van der Waals surface area contributed by atoms with Crippen LogP contribution in [0.15, 0.2) is 65.1 Å². The molecule has 0 radical (unpaired) electrons. The number of halogens is 3. The van der Waals surface area contributed by atoms with Gasteiger partial charge in [0.15, 0.2) is 17.3 Å². The Hall–Kier alpha value is -2.52. The van der Waals surface area contributed by atoms with Gasteiger partial charge in [-0.25, -0.2) is 9.77 Å². The molecular formula is C23H19BrCl2N4O2S. The highest BCUT2D eigenvalue weighted by Crippen LogP contribution is 2.37. The second-order valence-electron chi connectivity index (χ2n) is 7.02. The first kappa shape index (κ1) is 23.6. The lowest BCUT2D eigenvalue weighted by atomic mass is 10.2. The van der Waals surface area contributed by atoms with Crippen molar-refractivity contribution >= 4 is 51.3 Å². The van der Waals surface area contributed by atoms with Crippen molar-refractivity contribution in [1.29, 1.82) is 0 Å². The number of aromatic amines is 1. The monoisotopic (exact) mass is 564 g/mol. The zero-order valence-electron chi connectivity index (χ0n) is 17.4. The SMILES string of the molecule is COc1cc(CNn2c(-c3ccccc3)n[nH]c2=S)cc(Br)c1OCc1ccc(Cl)cc1Cl. The van der Waals surface area contributed by atoms with Crippen LogP contribution in [0, 0.1) is 4.77 Å². The number of H-pyrrole nitrogens is 1. The van der Waals surface area contributed by atoms with Crippen LogP contribution in [-0.4, -0.2) is 22.0 Å². The normalized spacial score (nSPS) is 10.8. The van der Waals surface area contributed by atoms with Gasteiger partial charge < -0.3 is 14.9 Å². The third-order valence-corrected chi connectivity index (χ3v) is 6.27. The van der Waals surface area contributed by atoms with Crippen molar-refractivity contribution in [3.8, 4) is 22.9 Å². The highest BCUT2D eigenvalue weighted by molar-refractivity contribution is 9.10. The van der Waals surface area contributed by atoms with Crippen molar-refractivity contribution in [2.75, 3.05) is 12.5 Å². The van der Waals surface area contributed by atoms with Crippen LogP contribution in [-0.2, 0) is 13.2 Å². The number of ether oxygens (including phenoxy) is 2. The molecule has 0 spiro atoms. The molecule has 0 aliphatic carbocycles. The lowest BCUT2D eigenvalue weighted by Gasteiger charge is -2.16. The molecule has 4 aromatic rings. The fourth-order valence-corrected chi connectivity index (χ4v) is 4.46. The van der Waals surface area contributed by atoms with Crippen LogP contribution in [0.1, 0.15) is 11.1 Å². The molecule has 33 heavy (non-hydrogen) atoms. The first-order valence-corrected chi connectivity index (χ1v) is 11.8. The number of nitrogens with one attached hydrogen (secondary N) is 2. The van der Waals surface area contributed by atoms with E-state index in [1.54, 1.807) is 23.9 Å². The van der Waals surface area contributed by atoms with Gasteiger partial charge in [0.1, 0.15) is 6.61 Å². The van der Waals surface area contributed by atoms with E-state index in [0.717, 1.165) is 21.2 Å². The Morgan fingerprint density at radius 2 is 1.91 bits per heavy atom. The Balaban J connectivity index is 1.52. The molecule has 0 unspecified atom stereocenters. The Kier molecular flexibility index (Phi) is 7.60. The number of aromatic nitrogens is 3. The van der Waals surface area contributed by atoms with Gasteiger partial charge in [0, 0.05) is 21.2 Å². The standard InChI is InChI=1S/C23H19BrCl2N4O2S/c1-31-20-10-14(9-18(24)21(20)32-13-16-7-8-17(25)11-19(16)26)12-27-30-22(28-29-23(30)33)15-5-3-2-4-6-15/h2-11,27H,12-13H2,1H3,(H,29,33). The molecule has 1 aromatic heterocycles. The van der Waals surface area contributed by atoms with Crippen LogP contribution in [0.2, 0.25) is 10.0 Å². The minimum atomic E-state index is 0.271. The molecule has 0 amide bonds. The van der Waals surface area contributed by atoms with Gasteiger partial charge in [-0.05, 0) is 58.0 Å². The van der Waals surface area contributed by atoms with E-state index in [2.05, 4.69) is 31.6 Å². The lowest BCUT2D eigenvalue weighted by molar-refractivity contribution is 0.282. The predicted octanol–water partition coefficient (Wildman–Crippen LogP) is 7.01. The molecule has 0 aliphatic heterocycles. The van der Waals surface area contributed by atoms with Crippen LogP contribution >= 0.6 is 51.3 Å². The first-order valence-electron chi connectivity index (χ1n) is 9.86. The number of methoxy groups -OCH3 is 1. The summed E-state index contributed by atoms with van der Waals surface area (Å²) in [6, 6.07) is 19.0. The molecule has 0 saturated heterocycles. The topological polar surface area (TPSA) is 64.1 Å². The first-order chi connectivity index (χ1) is 16.0. The number of rotatable bonds is 8. The largest absolute Gasteiger partial charge is 0.493 e. The van der Waals surface area contributed by atoms with Gasteiger partial charge in [0.25, 0.3) is 0 Å². The average molecular weight is 566 g/mol. The lowest BCUT2D eigenvalue weighted by Crippen LogP contribution is -2.16. The quantitative estimate of drug-likeness (QED) is 0.225. The highest BCUT2D eigenvalue weighted by Gasteiger charge is 2.14. The van der Waals surface area contributed by atoms with E-state index < -0.39 is 0 Å². The van der Waals surface area contributed by atoms with Gasteiger partial charge in [-0.15, -0.1) is 0 Å². The molecule has 4 rings (SSSR count). The number of hydrogen-bond acceptors (Lipinski definition) is 5. The molecule has 0 atom stereocenters. The minimum absolute atomic E-state index is 0.271. The Bertz CT molecular complexity index is 1330. The summed E-state index contributed by atoms with van der Waals surface area (Å²) in [6.45, 7) is 0.749. The summed E-state index contributed by atoms with van der Waals surface area (Å²) in [5.74, 6) is 1.87. The van der Waals surface area contributed by atoms with Crippen molar-refractivity contribution in [3.63, 3.8) is 0 Å². The van der Waals surface area contributed by atoms with Gasteiger partial charge in [-0.1, -0.05) is 59.6 Å². The molecule has 0 saturated carbocycles. The molecule has 0 aliphatic rings. The van der Waals surface area contributed by atoms with E-state index in [1.807, 2.05) is 48.5 Å². The van der Waals surface area contributed by atoms with E-state index >= 15 is 0 Å². The third-order valence-electron chi connectivity index (χ3n) is 4.82. The smallest absolute Gasteiger partial charge is 0.214 e. The predicted molar refractivity (Wildman–Crippen MR) is 137 cm³/mol. The molecule has 0 fully saturated rings. The average Bonchev–Trinajstić information content (AvgIpc) is 3.18. The second kappa shape index (κ2) is 10.6. The van der Waals surface area contributed by atoms with Crippen molar-refractivity contribution < 1.29 is 9.47 Å². The zero-order valence-corrected chi connectivity index (χ0v) is 21.4. The summed E-state index contributed by atoms with van der Waals surface area (Å²) in [5, 5.41) is 8.30. The molecule has 10 heteroatoms. The molecule has 2 N–H and O–H groups in total. The summed E-state index contributed by atoms with van der Waals surface area (Å²) in [7, 11) is 1.60. The molecule has 3 aromatic carbocycles. The van der Waals surface area contributed by atoms with E-state index in [4.69, 9.17) is 44.9 Å². The van der Waals surface area contributed by atoms with Crippen molar-refractivity contribution in [2.45, 2.75) is 13.2 Å². The molecule has 1 heterocycles. The second-order valence-corrected chi connectivity index (χ2v) is 9.11. The van der Waals surface area contributed by atoms with Crippen molar-refractivity contribution in [1.82, 2.24) is 14.9 Å². The maximum atomic E-state index is 6.26. The van der Waals surface area contributed by atoms with Gasteiger partial charge in [0.05, 0.1) is 18.1 Å². The van der Waals surface area contributed by atoms with Crippen LogP contribution in [0.3, 0.4) is 0 Å². The molecule has 170 valence electrons. The van der Waals surface area contributed by atoms with E-state index in [-0.39, 0.29) is 6.61 Å². The fraction of sp³-hybridized carbons (Fsp3) is 0.130. The van der Waals surface area contributed by atoms with E-state index in [9.17, 15) is 0 Å². The number of benzene rings is 3. The Labute approximate surface area is 214 Å². The Morgan fingerprint density at radius 3 is 2.64 bits per heavy atom. The van der Waals surface area contributed by atoms with Crippen LogP contribution in [0.4, 0.5) is 0 Å². The number of hydrogen-bond donors (Lipinski definition) is 2. The minimum Gasteiger partial charge on any atom is -0.493 e. The van der Waals surface area contributed by atoms with Crippen molar-refractivity contribution in [3.05, 3.63) is 91.1 Å². The van der Waals surface area contributed by atoms with E-state index in [0.29, 0.717) is 38.7 Å². The summed E-state index contributed by atoms with van der Waals surface area (Å²) < 4.78 is 14.6. The molecule has 6 nitrogen and oxygen atoms in total. The van der Waals surface area contributed by atoms with Crippen LogP contribution in [0.5, 0.6) is 11.5 Å². The van der Waals surface area contributed by atoms with E-state index in [1.165, 1.54) is 0 Å². The van der Waals surface area contributed by atoms with Crippen LogP contribution < -0.4 is 14.9 Å². The molecular weight excluding hydrogens is 547 g/mol. The fourth-order valence-electron chi connectivity index (χ4n) is 3.20. The van der Waals surface area contributed by atoms with Gasteiger partial charge in [0.2, 0.25) is 4.77 Å². The van der Waals surface area contributed by atoms with Crippen LogP contribution in [0.25, 0.3) is 11.4 Å². The summed E-state index contributed by atoms with van der Waals surface area (Å²) in [6.07, 6.45) is 0. The van der Waals surface area contributed by atoms with Crippen molar-refractivity contribution in [2.24, 2.45) is 0 Å². The third kappa shape index (κ3) is 5.52. The summed E-state index contributed by atoms with van der Waals surface area (Å²) in [4.78, 5) is 0.